The number of halogens is 1. The molecule has 1 aromatic rings. The third-order valence-electron chi connectivity index (χ3n) is 2.21. The third kappa shape index (κ3) is 4.33. The van der Waals surface area contributed by atoms with Crippen molar-refractivity contribution in [3.05, 3.63) is 22.7 Å². The maximum atomic E-state index is 11.7. The van der Waals surface area contributed by atoms with Gasteiger partial charge in [-0.1, -0.05) is 11.6 Å². The number of carbonyl (C=O) groups is 2. The molecule has 0 unspecified atom stereocenters. The number of carbonyl (C=O) groups excluding carboxylic acids is 1. The van der Waals surface area contributed by atoms with Gasteiger partial charge in [0, 0.05) is 12.1 Å². The van der Waals surface area contributed by atoms with Crippen molar-refractivity contribution in [2.75, 3.05) is 13.2 Å². The Morgan fingerprint density at radius 1 is 1.42 bits per heavy atom. The van der Waals surface area contributed by atoms with Gasteiger partial charge in [0.25, 0.3) is 5.91 Å². The van der Waals surface area contributed by atoms with Crippen LogP contribution >= 0.6 is 11.6 Å². The lowest BCUT2D eigenvalue weighted by Gasteiger charge is -2.10. The maximum absolute atomic E-state index is 11.7. The van der Waals surface area contributed by atoms with E-state index < -0.39 is 11.9 Å². The van der Waals surface area contributed by atoms with Crippen molar-refractivity contribution < 1.29 is 24.5 Å². The van der Waals surface area contributed by atoms with E-state index in [9.17, 15) is 14.7 Å². The van der Waals surface area contributed by atoms with Gasteiger partial charge >= 0.3 is 5.97 Å². The molecule has 0 heterocycles. The van der Waals surface area contributed by atoms with Gasteiger partial charge in [0.1, 0.15) is 0 Å². The van der Waals surface area contributed by atoms with Crippen LogP contribution in [0.4, 0.5) is 0 Å². The zero-order valence-corrected chi connectivity index (χ0v) is 11.0. The zero-order chi connectivity index (χ0) is 14.4. The van der Waals surface area contributed by atoms with Gasteiger partial charge in [0.15, 0.2) is 11.5 Å². The van der Waals surface area contributed by atoms with Crippen molar-refractivity contribution in [3.63, 3.8) is 0 Å². The molecule has 0 atom stereocenters. The smallest absolute Gasteiger partial charge is 0.305 e. The Morgan fingerprint density at radius 3 is 2.68 bits per heavy atom. The van der Waals surface area contributed by atoms with Gasteiger partial charge in [-0.2, -0.15) is 0 Å². The number of aliphatic carboxylic acids is 1. The molecule has 3 N–H and O–H groups in total. The molecular formula is C12H14ClNO5. The summed E-state index contributed by atoms with van der Waals surface area (Å²) in [6.07, 6.45) is -0.171. The number of carboxylic acids is 1. The molecule has 104 valence electrons. The molecule has 1 rings (SSSR count). The number of phenols is 1. The van der Waals surface area contributed by atoms with Crippen LogP contribution < -0.4 is 10.1 Å². The summed E-state index contributed by atoms with van der Waals surface area (Å²) in [5.74, 6) is -1.60. The summed E-state index contributed by atoms with van der Waals surface area (Å²) in [5.41, 5.74) is 0.191. The number of rotatable bonds is 6. The highest BCUT2D eigenvalue weighted by molar-refractivity contribution is 6.32. The predicted octanol–water partition coefficient (Wildman–Crippen LogP) is 1.65. The Hall–Kier alpha value is -1.95. The summed E-state index contributed by atoms with van der Waals surface area (Å²) in [6.45, 7) is 2.05. The summed E-state index contributed by atoms with van der Waals surface area (Å²) < 4.78 is 5.14. The van der Waals surface area contributed by atoms with E-state index in [1.54, 1.807) is 6.92 Å². The number of hydrogen-bond donors (Lipinski definition) is 3. The van der Waals surface area contributed by atoms with Crippen molar-refractivity contribution in [1.29, 1.82) is 0 Å². The minimum Gasteiger partial charge on any atom is -0.503 e. The molecule has 0 radical (unpaired) electrons. The number of aromatic hydroxyl groups is 1. The van der Waals surface area contributed by atoms with Crippen LogP contribution in [-0.4, -0.2) is 35.2 Å². The fourth-order valence-electron chi connectivity index (χ4n) is 1.36. The van der Waals surface area contributed by atoms with Crippen LogP contribution in [0.2, 0.25) is 5.02 Å². The summed E-state index contributed by atoms with van der Waals surface area (Å²) in [7, 11) is 0. The molecular weight excluding hydrogens is 274 g/mol. The van der Waals surface area contributed by atoms with Gasteiger partial charge < -0.3 is 20.3 Å². The predicted molar refractivity (Wildman–Crippen MR) is 68.9 cm³/mol. The molecule has 0 spiro atoms. The SMILES string of the molecule is CCOc1cc(C(=O)NCCC(=O)O)cc(Cl)c1O. The molecule has 1 amide bonds. The first-order valence-corrected chi connectivity index (χ1v) is 5.98. The van der Waals surface area contributed by atoms with Crippen LogP contribution in [0.3, 0.4) is 0 Å². The van der Waals surface area contributed by atoms with E-state index in [-0.39, 0.29) is 35.1 Å². The van der Waals surface area contributed by atoms with E-state index in [4.69, 9.17) is 21.4 Å². The number of phenolic OH excluding ortho intramolecular Hbond substituents is 1. The van der Waals surface area contributed by atoms with Crippen molar-refractivity contribution in [2.24, 2.45) is 0 Å². The summed E-state index contributed by atoms with van der Waals surface area (Å²) in [4.78, 5) is 22.1. The highest BCUT2D eigenvalue weighted by Crippen LogP contribution is 2.35. The Kier molecular flexibility index (Phi) is 5.44. The van der Waals surface area contributed by atoms with E-state index in [1.807, 2.05) is 0 Å². The maximum Gasteiger partial charge on any atom is 0.305 e. The van der Waals surface area contributed by atoms with E-state index in [0.29, 0.717) is 6.61 Å². The number of ether oxygens (including phenoxy) is 1. The van der Waals surface area contributed by atoms with Crippen LogP contribution in [0, 0.1) is 0 Å². The summed E-state index contributed by atoms with van der Waals surface area (Å²) in [5, 5.41) is 20.5. The van der Waals surface area contributed by atoms with E-state index >= 15 is 0 Å². The molecule has 7 heteroatoms. The molecule has 0 saturated carbocycles. The lowest BCUT2D eigenvalue weighted by Crippen LogP contribution is -2.26. The van der Waals surface area contributed by atoms with Crippen molar-refractivity contribution in [2.45, 2.75) is 13.3 Å². The molecule has 0 fully saturated rings. The monoisotopic (exact) mass is 287 g/mol. The first kappa shape index (κ1) is 15.1. The normalized spacial score (nSPS) is 10.0. The lowest BCUT2D eigenvalue weighted by molar-refractivity contribution is -0.136. The van der Waals surface area contributed by atoms with Gasteiger partial charge in [-0.15, -0.1) is 0 Å². The standard InChI is InChI=1S/C12H14ClNO5/c1-2-19-9-6-7(5-8(13)11(9)17)12(18)14-4-3-10(15)16/h5-6,17H,2-4H2,1H3,(H,14,18)(H,15,16). The topological polar surface area (TPSA) is 95.9 Å². The first-order chi connectivity index (χ1) is 8.95. The number of carboxylic acid groups (broad SMARTS) is 1. The Labute approximate surface area is 114 Å². The molecule has 0 aliphatic rings. The van der Waals surface area contributed by atoms with Crippen molar-refractivity contribution in [1.82, 2.24) is 5.32 Å². The molecule has 19 heavy (non-hydrogen) atoms. The van der Waals surface area contributed by atoms with Crippen LogP contribution in [0.5, 0.6) is 11.5 Å². The van der Waals surface area contributed by atoms with E-state index in [0.717, 1.165) is 0 Å². The fourth-order valence-corrected chi connectivity index (χ4v) is 1.57. The van der Waals surface area contributed by atoms with Crippen LogP contribution in [-0.2, 0) is 4.79 Å². The summed E-state index contributed by atoms with van der Waals surface area (Å²) in [6, 6.07) is 2.64. The van der Waals surface area contributed by atoms with Gasteiger partial charge in [0.2, 0.25) is 0 Å². The Morgan fingerprint density at radius 2 is 2.11 bits per heavy atom. The highest BCUT2D eigenvalue weighted by Gasteiger charge is 2.14. The van der Waals surface area contributed by atoms with Crippen LogP contribution in [0.25, 0.3) is 0 Å². The van der Waals surface area contributed by atoms with Crippen molar-refractivity contribution >= 4 is 23.5 Å². The molecule has 6 nitrogen and oxygen atoms in total. The third-order valence-corrected chi connectivity index (χ3v) is 2.50. The average molecular weight is 288 g/mol. The molecule has 0 aliphatic carbocycles. The molecule has 0 aromatic heterocycles. The molecule has 0 bridgehead atoms. The van der Waals surface area contributed by atoms with Gasteiger partial charge in [-0.3, -0.25) is 9.59 Å². The highest BCUT2D eigenvalue weighted by atomic mass is 35.5. The largest absolute Gasteiger partial charge is 0.503 e. The number of amides is 1. The minimum absolute atomic E-state index is 0.00525. The lowest BCUT2D eigenvalue weighted by atomic mass is 10.2. The molecule has 0 saturated heterocycles. The second-order valence-corrected chi connectivity index (χ2v) is 4.04. The van der Waals surface area contributed by atoms with Crippen LogP contribution in [0.1, 0.15) is 23.7 Å². The Balaban J connectivity index is 2.82. The first-order valence-electron chi connectivity index (χ1n) is 5.61. The Bertz CT molecular complexity index is 489. The van der Waals surface area contributed by atoms with E-state index in [2.05, 4.69) is 5.32 Å². The van der Waals surface area contributed by atoms with Gasteiger partial charge in [-0.05, 0) is 19.1 Å². The number of benzene rings is 1. The van der Waals surface area contributed by atoms with Crippen LogP contribution in [0.15, 0.2) is 12.1 Å². The van der Waals surface area contributed by atoms with Crippen molar-refractivity contribution in [3.8, 4) is 11.5 Å². The average Bonchev–Trinajstić information content (AvgIpc) is 2.34. The second kappa shape index (κ2) is 6.84. The molecule has 1 aromatic carbocycles. The zero-order valence-electron chi connectivity index (χ0n) is 10.3. The van der Waals surface area contributed by atoms with Gasteiger partial charge in [0.05, 0.1) is 18.1 Å². The number of hydrogen-bond acceptors (Lipinski definition) is 4. The minimum atomic E-state index is -1.00. The fraction of sp³-hybridized carbons (Fsp3) is 0.333. The van der Waals surface area contributed by atoms with Gasteiger partial charge in [-0.25, -0.2) is 0 Å². The quantitative estimate of drug-likeness (QED) is 0.739. The second-order valence-electron chi connectivity index (χ2n) is 3.64. The number of nitrogens with one attached hydrogen (secondary N) is 1. The molecule has 0 aliphatic heterocycles. The van der Waals surface area contributed by atoms with E-state index in [1.165, 1.54) is 12.1 Å². The summed E-state index contributed by atoms with van der Waals surface area (Å²) >= 11 is 5.78.